The van der Waals surface area contributed by atoms with Gasteiger partial charge in [0.25, 0.3) is 0 Å². The summed E-state index contributed by atoms with van der Waals surface area (Å²) in [6.07, 6.45) is 10.5. The van der Waals surface area contributed by atoms with E-state index >= 15 is 0 Å². The third-order valence-electron chi connectivity index (χ3n) is 4.03. The molecule has 66 valence electrons. The summed E-state index contributed by atoms with van der Waals surface area (Å²) in [6, 6.07) is 0. The van der Waals surface area contributed by atoms with Crippen LogP contribution in [0, 0.1) is 11.8 Å². The van der Waals surface area contributed by atoms with Crippen molar-refractivity contribution >= 4 is 0 Å². The van der Waals surface area contributed by atoms with E-state index in [2.05, 4.69) is 6.08 Å². The molecule has 1 heteroatoms. The van der Waals surface area contributed by atoms with Crippen molar-refractivity contribution in [3.05, 3.63) is 11.6 Å². The van der Waals surface area contributed by atoms with Crippen molar-refractivity contribution in [1.29, 1.82) is 0 Å². The van der Waals surface area contributed by atoms with Gasteiger partial charge in [0, 0.05) is 5.54 Å². The molecule has 3 atom stereocenters. The maximum atomic E-state index is 6.35. The van der Waals surface area contributed by atoms with Gasteiger partial charge in [-0.3, -0.25) is 0 Å². The topological polar surface area (TPSA) is 26.0 Å². The first-order chi connectivity index (χ1) is 5.75. The molecule has 0 aromatic carbocycles. The van der Waals surface area contributed by atoms with Crippen molar-refractivity contribution in [3.8, 4) is 0 Å². The normalized spacial score (nSPS) is 50.6. The van der Waals surface area contributed by atoms with E-state index in [-0.39, 0.29) is 5.54 Å². The van der Waals surface area contributed by atoms with Crippen molar-refractivity contribution in [2.24, 2.45) is 17.6 Å². The Balaban J connectivity index is 2.03. The number of rotatable bonds is 0. The van der Waals surface area contributed by atoms with Crippen LogP contribution in [0.5, 0.6) is 0 Å². The first-order valence-corrected chi connectivity index (χ1v) is 5.23. The first-order valence-electron chi connectivity index (χ1n) is 5.23. The maximum Gasteiger partial charge on any atom is 0.0200 e. The van der Waals surface area contributed by atoms with E-state index in [4.69, 9.17) is 5.73 Å². The Morgan fingerprint density at radius 2 is 2.33 bits per heavy atom. The van der Waals surface area contributed by atoms with Gasteiger partial charge in [0.05, 0.1) is 0 Å². The molecule has 0 spiro atoms. The van der Waals surface area contributed by atoms with Gasteiger partial charge in [-0.25, -0.2) is 0 Å². The van der Waals surface area contributed by atoms with Gasteiger partial charge in [0.15, 0.2) is 0 Å². The van der Waals surface area contributed by atoms with Gasteiger partial charge >= 0.3 is 0 Å². The molecule has 1 nitrogen and oxygen atoms in total. The Morgan fingerprint density at radius 1 is 1.42 bits per heavy atom. The van der Waals surface area contributed by atoms with E-state index in [1.165, 1.54) is 38.5 Å². The molecular formula is C11H17N. The van der Waals surface area contributed by atoms with Gasteiger partial charge in [-0.15, -0.1) is 0 Å². The molecule has 3 aliphatic rings. The predicted octanol–water partition coefficient (Wildman–Crippen LogP) is 2.22. The van der Waals surface area contributed by atoms with Gasteiger partial charge in [0.1, 0.15) is 0 Å². The maximum absolute atomic E-state index is 6.35. The Labute approximate surface area is 74.0 Å². The van der Waals surface area contributed by atoms with Gasteiger partial charge in [-0.2, -0.15) is 0 Å². The molecule has 0 aromatic rings. The molecule has 0 aromatic heterocycles. The van der Waals surface area contributed by atoms with Crippen molar-refractivity contribution in [2.75, 3.05) is 0 Å². The molecule has 0 radical (unpaired) electrons. The quantitative estimate of drug-likeness (QED) is 0.544. The van der Waals surface area contributed by atoms with Gasteiger partial charge in [-0.05, 0) is 50.4 Å². The second kappa shape index (κ2) is 2.14. The van der Waals surface area contributed by atoms with E-state index in [1.54, 1.807) is 5.57 Å². The second-order valence-electron chi connectivity index (χ2n) is 5.10. The Kier molecular flexibility index (Phi) is 1.27. The van der Waals surface area contributed by atoms with Crippen LogP contribution in [0.25, 0.3) is 0 Å². The molecule has 0 amide bonds. The number of hydrogen-bond acceptors (Lipinski definition) is 1. The fourth-order valence-electron chi connectivity index (χ4n) is 3.66. The lowest BCUT2D eigenvalue weighted by molar-refractivity contribution is 0.225. The average molecular weight is 163 g/mol. The molecule has 2 saturated carbocycles. The van der Waals surface area contributed by atoms with Crippen LogP contribution in [0.1, 0.15) is 38.5 Å². The highest BCUT2D eigenvalue weighted by Crippen LogP contribution is 2.52. The minimum atomic E-state index is 0.222. The lowest BCUT2D eigenvalue weighted by Crippen LogP contribution is -2.41. The predicted molar refractivity (Wildman–Crippen MR) is 49.7 cm³/mol. The van der Waals surface area contributed by atoms with Crippen molar-refractivity contribution < 1.29 is 0 Å². The largest absolute Gasteiger partial charge is 0.325 e. The molecule has 3 unspecified atom stereocenters. The lowest BCUT2D eigenvalue weighted by Gasteiger charge is -2.34. The summed E-state index contributed by atoms with van der Waals surface area (Å²) in [7, 11) is 0. The molecule has 3 bridgehead atoms. The summed E-state index contributed by atoms with van der Waals surface area (Å²) in [6.45, 7) is 0. The third-order valence-corrected chi connectivity index (χ3v) is 4.03. The highest BCUT2D eigenvalue weighted by Gasteiger charge is 2.46. The Bertz CT molecular complexity index is 243. The molecule has 3 aliphatic carbocycles. The zero-order chi connectivity index (χ0) is 8.18. The molecule has 2 fully saturated rings. The smallest absolute Gasteiger partial charge is 0.0200 e. The van der Waals surface area contributed by atoms with E-state index in [0.29, 0.717) is 0 Å². The second-order valence-corrected chi connectivity index (χ2v) is 5.10. The van der Waals surface area contributed by atoms with E-state index in [9.17, 15) is 0 Å². The molecule has 0 heterocycles. The monoisotopic (exact) mass is 163 g/mol. The van der Waals surface area contributed by atoms with Crippen molar-refractivity contribution in [1.82, 2.24) is 0 Å². The van der Waals surface area contributed by atoms with Crippen LogP contribution in [0.15, 0.2) is 11.6 Å². The Hall–Kier alpha value is -0.300. The summed E-state index contributed by atoms with van der Waals surface area (Å²) in [5.41, 5.74) is 8.28. The number of hydrogen-bond donors (Lipinski definition) is 1. The fourth-order valence-corrected chi connectivity index (χ4v) is 3.66. The molecule has 3 rings (SSSR count). The number of allylic oxidation sites excluding steroid dienone is 1. The minimum absolute atomic E-state index is 0.222. The zero-order valence-corrected chi connectivity index (χ0v) is 7.55. The summed E-state index contributed by atoms with van der Waals surface area (Å²) in [5, 5.41) is 0. The molecule has 2 N–H and O–H groups in total. The summed E-state index contributed by atoms with van der Waals surface area (Å²) in [5.74, 6) is 1.83. The molecule has 0 aliphatic heterocycles. The first kappa shape index (κ1) is 7.14. The molecule has 0 saturated heterocycles. The van der Waals surface area contributed by atoms with Crippen molar-refractivity contribution in [2.45, 2.75) is 44.1 Å². The fraction of sp³-hybridized carbons (Fsp3) is 0.818. The highest BCUT2D eigenvalue weighted by atomic mass is 14.8. The minimum Gasteiger partial charge on any atom is -0.325 e. The summed E-state index contributed by atoms with van der Waals surface area (Å²) in [4.78, 5) is 0. The van der Waals surface area contributed by atoms with Crippen LogP contribution >= 0.6 is 0 Å². The average Bonchev–Trinajstić information content (AvgIpc) is 2.10. The standard InChI is InChI=1S/C11H17N/c12-11-5-8-2-1-3-9(6-11)10(4-8)7-11/h3,8,10H,1-2,4-7,12H2. The Morgan fingerprint density at radius 3 is 3.25 bits per heavy atom. The van der Waals surface area contributed by atoms with Crippen LogP contribution < -0.4 is 5.73 Å². The van der Waals surface area contributed by atoms with Gasteiger partial charge in [-0.1, -0.05) is 11.6 Å². The van der Waals surface area contributed by atoms with E-state index < -0.39 is 0 Å². The molecule has 12 heavy (non-hydrogen) atoms. The van der Waals surface area contributed by atoms with E-state index in [1.807, 2.05) is 0 Å². The highest BCUT2D eigenvalue weighted by molar-refractivity contribution is 5.24. The summed E-state index contributed by atoms with van der Waals surface area (Å²) >= 11 is 0. The van der Waals surface area contributed by atoms with Crippen LogP contribution in [0.4, 0.5) is 0 Å². The van der Waals surface area contributed by atoms with Crippen LogP contribution in [0.2, 0.25) is 0 Å². The summed E-state index contributed by atoms with van der Waals surface area (Å²) < 4.78 is 0. The lowest BCUT2D eigenvalue weighted by atomic mass is 9.76. The SMILES string of the molecule is NC12CC3=CCCC(CC3C1)C2. The van der Waals surface area contributed by atoms with Crippen LogP contribution in [-0.4, -0.2) is 5.54 Å². The van der Waals surface area contributed by atoms with Crippen LogP contribution in [-0.2, 0) is 0 Å². The van der Waals surface area contributed by atoms with E-state index in [0.717, 1.165) is 11.8 Å². The van der Waals surface area contributed by atoms with Crippen molar-refractivity contribution in [3.63, 3.8) is 0 Å². The molecular weight excluding hydrogens is 146 g/mol. The number of nitrogens with two attached hydrogens (primary N) is 1. The number of fused-ring (bicyclic) bond motifs is 2. The third kappa shape index (κ3) is 0.891. The zero-order valence-electron chi connectivity index (χ0n) is 7.55. The van der Waals surface area contributed by atoms with Gasteiger partial charge < -0.3 is 5.73 Å². The van der Waals surface area contributed by atoms with Gasteiger partial charge in [0.2, 0.25) is 0 Å². The van der Waals surface area contributed by atoms with Crippen LogP contribution in [0.3, 0.4) is 0 Å².